The van der Waals surface area contributed by atoms with Gasteiger partial charge in [0.2, 0.25) is 11.8 Å². The summed E-state index contributed by atoms with van der Waals surface area (Å²) in [6.45, 7) is 5.60. The van der Waals surface area contributed by atoms with Crippen LogP contribution in [0, 0.1) is 13.8 Å². The molecule has 2 heterocycles. The number of benzene rings is 1. The Morgan fingerprint density at radius 1 is 1.19 bits per heavy atom. The molecule has 1 aliphatic heterocycles. The van der Waals surface area contributed by atoms with Crippen molar-refractivity contribution in [1.29, 1.82) is 0 Å². The van der Waals surface area contributed by atoms with Crippen molar-refractivity contribution in [2.24, 2.45) is 0 Å². The molecular weight excluding hydrogens is 352 g/mol. The first-order valence-electron chi connectivity index (χ1n) is 8.81. The van der Waals surface area contributed by atoms with Gasteiger partial charge in [-0.3, -0.25) is 4.79 Å². The van der Waals surface area contributed by atoms with Crippen molar-refractivity contribution >= 4 is 29.1 Å². The number of rotatable bonds is 5. The summed E-state index contributed by atoms with van der Waals surface area (Å²) in [5, 5.41) is 3.38. The molecule has 0 aliphatic carbocycles. The summed E-state index contributed by atoms with van der Waals surface area (Å²) in [4.78, 5) is 23.2. The standard InChI is InChI=1S/C19H23ClN4O2/c1-13-6-7-15(11-16(13)20)22-17(25)12-26-18-10-14(2)21-19(23-18)24-8-4-3-5-9-24/h6-7,10-11H,3-5,8-9,12H2,1-2H3,(H,22,25). The second-order valence-corrected chi connectivity index (χ2v) is 6.90. The van der Waals surface area contributed by atoms with Crippen LogP contribution in [0.3, 0.4) is 0 Å². The first-order valence-corrected chi connectivity index (χ1v) is 9.18. The largest absolute Gasteiger partial charge is 0.467 e. The Hall–Kier alpha value is -2.34. The van der Waals surface area contributed by atoms with Gasteiger partial charge in [-0.2, -0.15) is 4.98 Å². The highest BCUT2D eigenvalue weighted by Gasteiger charge is 2.15. The van der Waals surface area contributed by atoms with Gasteiger partial charge in [0.15, 0.2) is 6.61 Å². The molecule has 2 aromatic rings. The van der Waals surface area contributed by atoms with E-state index in [1.807, 2.05) is 26.0 Å². The predicted molar refractivity (Wildman–Crippen MR) is 103 cm³/mol. The lowest BCUT2D eigenvalue weighted by Crippen LogP contribution is -2.31. The van der Waals surface area contributed by atoms with Crippen molar-refractivity contribution in [2.45, 2.75) is 33.1 Å². The smallest absolute Gasteiger partial charge is 0.262 e. The Bertz CT molecular complexity index is 791. The third kappa shape index (κ3) is 4.85. The monoisotopic (exact) mass is 374 g/mol. The fourth-order valence-corrected chi connectivity index (χ4v) is 3.02. The molecule has 1 N–H and O–H groups in total. The third-order valence-corrected chi connectivity index (χ3v) is 4.67. The van der Waals surface area contributed by atoms with Crippen molar-refractivity contribution in [2.75, 3.05) is 29.9 Å². The van der Waals surface area contributed by atoms with Gasteiger partial charge in [0.05, 0.1) is 0 Å². The number of halogens is 1. The van der Waals surface area contributed by atoms with Crippen LogP contribution in [-0.2, 0) is 4.79 Å². The molecule has 0 spiro atoms. The molecule has 0 saturated carbocycles. The van der Waals surface area contributed by atoms with E-state index in [9.17, 15) is 4.79 Å². The second-order valence-electron chi connectivity index (χ2n) is 6.50. The normalized spacial score (nSPS) is 14.2. The van der Waals surface area contributed by atoms with Crippen LogP contribution < -0.4 is 15.0 Å². The molecular formula is C19H23ClN4O2. The second kappa shape index (κ2) is 8.36. The highest BCUT2D eigenvalue weighted by molar-refractivity contribution is 6.31. The lowest BCUT2D eigenvalue weighted by atomic mass is 10.1. The van der Waals surface area contributed by atoms with Crippen LogP contribution in [0.2, 0.25) is 5.02 Å². The molecule has 1 aromatic heterocycles. The molecule has 0 atom stereocenters. The summed E-state index contributed by atoms with van der Waals surface area (Å²) >= 11 is 6.07. The van der Waals surface area contributed by atoms with E-state index in [4.69, 9.17) is 16.3 Å². The topological polar surface area (TPSA) is 67.3 Å². The molecule has 26 heavy (non-hydrogen) atoms. The minimum atomic E-state index is -0.263. The number of anilines is 2. The zero-order chi connectivity index (χ0) is 18.5. The van der Waals surface area contributed by atoms with E-state index in [1.165, 1.54) is 6.42 Å². The van der Waals surface area contributed by atoms with Gasteiger partial charge in [0.25, 0.3) is 5.91 Å². The molecule has 1 aromatic carbocycles. The average molecular weight is 375 g/mol. The number of nitrogens with one attached hydrogen (secondary N) is 1. The Kier molecular flexibility index (Phi) is 5.93. The van der Waals surface area contributed by atoms with E-state index < -0.39 is 0 Å². The van der Waals surface area contributed by atoms with Crippen molar-refractivity contribution < 1.29 is 9.53 Å². The molecule has 1 amide bonds. The zero-order valence-electron chi connectivity index (χ0n) is 15.1. The SMILES string of the molecule is Cc1cc(OCC(=O)Nc2ccc(C)c(Cl)c2)nc(N2CCCCC2)n1. The Balaban J connectivity index is 1.60. The molecule has 6 nitrogen and oxygen atoms in total. The lowest BCUT2D eigenvalue weighted by Gasteiger charge is -2.26. The fraction of sp³-hybridized carbons (Fsp3) is 0.421. The number of hydrogen-bond acceptors (Lipinski definition) is 5. The van der Waals surface area contributed by atoms with Crippen LogP contribution in [0.25, 0.3) is 0 Å². The van der Waals surface area contributed by atoms with Crippen LogP contribution in [0.4, 0.5) is 11.6 Å². The minimum absolute atomic E-state index is 0.124. The van der Waals surface area contributed by atoms with E-state index >= 15 is 0 Å². The summed E-state index contributed by atoms with van der Waals surface area (Å²) < 4.78 is 5.58. The molecule has 1 saturated heterocycles. The molecule has 1 fully saturated rings. The maximum Gasteiger partial charge on any atom is 0.262 e. The summed E-state index contributed by atoms with van der Waals surface area (Å²) in [6, 6.07) is 7.13. The number of aromatic nitrogens is 2. The van der Waals surface area contributed by atoms with Crippen molar-refractivity contribution in [1.82, 2.24) is 9.97 Å². The molecule has 3 rings (SSSR count). The van der Waals surface area contributed by atoms with Crippen LogP contribution in [0.5, 0.6) is 5.88 Å². The van der Waals surface area contributed by atoms with Gasteiger partial charge < -0.3 is 15.0 Å². The minimum Gasteiger partial charge on any atom is -0.467 e. The van der Waals surface area contributed by atoms with Gasteiger partial charge in [-0.15, -0.1) is 0 Å². The van der Waals surface area contributed by atoms with Gasteiger partial charge in [-0.1, -0.05) is 17.7 Å². The molecule has 0 bridgehead atoms. The summed E-state index contributed by atoms with van der Waals surface area (Å²) in [6.07, 6.45) is 3.54. The van der Waals surface area contributed by atoms with Crippen molar-refractivity contribution in [3.05, 3.63) is 40.5 Å². The first kappa shape index (κ1) is 18.5. The van der Waals surface area contributed by atoms with E-state index in [1.54, 1.807) is 12.1 Å². The summed E-state index contributed by atoms with van der Waals surface area (Å²) in [7, 11) is 0. The van der Waals surface area contributed by atoms with Crippen molar-refractivity contribution in [3.63, 3.8) is 0 Å². The first-order chi connectivity index (χ1) is 12.5. The number of carbonyl (C=O) groups is 1. The van der Waals surface area contributed by atoms with Crippen molar-refractivity contribution in [3.8, 4) is 5.88 Å². The van der Waals surface area contributed by atoms with Crippen LogP contribution in [0.1, 0.15) is 30.5 Å². The van der Waals surface area contributed by atoms with Gasteiger partial charge in [-0.25, -0.2) is 4.98 Å². The summed E-state index contributed by atoms with van der Waals surface area (Å²) in [5.41, 5.74) is 2.42. The number of hydrogen-bond donors (Lipinski definition) is 1. The third-order valence-electron chi connectivity index (χ3n) is 4.26. The van der Waals surface area contributed by atoms with E-state index in [0.717, 1.165) is 37.2 Å². The zero-order valence-corrected chi connectivity index (χ0v) is 15.8. The molecule has 1 aliphatic rings. The predicted octanol–water partition coefficient (Wildman–Crippen LogP) is 3.75. The number of carbonyl (C=O) groups excluding carboxylic acids is 1. The lowest BCUT2D eigenvalue weighted by molar-refractivity contribution is -0.118. The van der Waals surface area contributed by atoms with Crippen LogP contribution in [-0.4, -0.2) is 35.6 Å². The number of ether oxygens (including phenoxy) is 1. The van der Waals surface area contributed by atoms with Gasteiger partial charge in [0.1, 0.15) is 0 Å². The molecule has 7 heteroatoms. The number of amides is 1. The molecule has 0 unspecified atom stereocenters. The van der Waals surface area contributed by atoms with Gasteiger partial charge in [-0.05, 0) is 50.8 Å². The highest BCUT2D eigenvalue weighted by Crippen LogP contribution is 2.21. The van der Waals surface area contributed by atoms with E-state index in [-0.39, 0.29) is 12.5 Å². The van der Waals surface area contributed by atoms with Crippen LogP contribution >= 0.6 is 11.6 Å². The average Bonchev–Trinajstić information content (AvgIpc) is 2.63. The Labute approximate surface area is 158 Å². The number of nitrogens with zero attached hydrogens (tertiary/aromatic N) is 3. The molecule has 0 radical (unpaired) electrons. The molecule has 138 valence electrons. The number of aryl methyl sites for hydroxylation is 2. The maximum absolute atomic E-state index is 12.1. The Morgan fingerprint density at radius 2 is 1.96 bits per heavy atom. The fourth-order valence-electron chi connectivity index (χ4n) is 2.84. The quantitative estimate of drug-likeness (QED) is 0.863. The highest BCUT2D eigenvalue weighted by atomic mass is 35.5. The Morgan fingerprint density at radius 3 is 2.69 bits per heavy atom. The summed E-state index contributed by atoms with van der Waals surface area (Å²) in [5.74, 6) is 0.821. The number of piperidine rings is 1. The van der Waals surface area contributed by atoms with Crippen LogP contribution in [0.15, 0.2) is 24.3 Å². The van der Waals surface area contributed by atoms with Gasteiger partial charge in [0, 0.05) is 35.6 Å². The maximum atomic E-state index is 12.1. The van der Waals surface area contributed by atoms with Gasteiger partial charge >= 0.3 is 0 Å². The van der Waals surface area contributed by atoms with E-state index in [2.05, 4.69) is 20.2 Å². The van der Waals surface area contributed by atoms with E-state index in [0.29, 0.717) is 22.5 Å².